The van der Waals surface area contributed by atoms with Gasteiger partial charge in [-0.25, -0.2) is 0 Å². The highest BCUT2D eigenvalue weighted by atomic mass is 35.5. The third-order valence-corrected chi connectivity index (χ3v) is 4.30. The highest BCUT2D eigenvalue weighted by Crippen LogP contribution is 2.37. The van der Waals surface area contributed by atoms with Crippen LogP contribution in [0.3, 0.4) is 0 Å². The molecule has 0 atom stereocenters. The number of halogens is 2. The zero-order valence-corrected chi connectivity index (χ0v) is 12.5. The van der Waals surface area contributed by atoms with Crippen molar-refractivity contribution >= 4 is 34.5 Å². The van der Waals surface area contributed by atoms with Crippen LogP contribution in [0, 0.1) is 0 Å². The summed E-state index contributed by atoms with van der Waals surface area (Å²) < 4.78 is 5.39. The largest absolute Gasteiger partial charge is 0.391 e. The van der Waals surface area contributed by atoms with E-state index in [9.17, 15) is 5.11 Å². The molecule has 0 saturated carbocycles. The number of benzene rings is 1. The van der Waals surface area contributed by atoms with Crippen LogP contribution in [0.15, 0.2) is 40.2 Å². The normalized spacial score (nSPS) is 10.9. The number of hydrogen-bond donors (Lipinski definition) is 1. The van der Waals surface area contributed by atoms with E-state index in [-0.39, 0.29) is 6.61 Å². The lowest BCUT2D eigenvalue weighted by Crippen LogP contribution is -1.88. The predicted octanol–water partition coefficient (Wildman–Crippen LogP) is 4.87. The first-order valence-corrected chi connectivity index (χ1v) is 7.43. The Morgan fingerprint density at radius 3 is 2.75 bits per heavy atom. The fourth-order valence-electron chi connectivity index (χ4n) is 1.95. The van der Waals surface area contributed by atoms with E-state index in [0.717, 1.165) is 4.88 Å². The lowest BCUT2D eigenvalue weighted by molar-refractivity contribution is 0.281. The Morgan fingerprint density at radius 1 is 1.25 bits per heavy atom. The fourth-order valence-corrected chi connectivity index (χ4v) is 3.18. The van der Waals surface area contributed by atoms with Crippen LogP contribution >= 0.6 is 34.5 Å². The second-order valence-electron chi connectivity index (χ2n) is 4.10. The minimum Gasteiger partial charge on any atom is -0.391 e. The lowest BCUT2D eigenvalue weighted by Gasteiger charge is -2.03. The summed E-state index contributed by atoms with van der Waals surface area (Å²) in [6.45, 7) is -0.176. The molecular formula is C14H9Cl2NO2S. The van der Waals surface area contributed by atoms with Crippen LogP contribution in [0.5, 0.6) is 0 Å². The minimum absolute atomic E-state index is 0.176. The number of nitrogens with zero attached hydrogens (tertiary/aromatic N) is 1. The fraction of sp³-hybridized carbons (Fsp3) is 0.0714. The number of aliphatic hydroxyl groups is 1. The molecule has 0 aliphatic heterocycles. The molecule has 0 radical (unpaired) electrons. The zero-order chi connectivity index (χ0) is 14.1. The van der Waals surface area contributed by atoms with Gasteiger partial charge in [-0.2, -0.15) is 0 Å². The summed E-state index contributed by atoms with van der Waals surface area (Å²) >= 11 is 13.6. The number of hydrogen-bond acceptors (Lipinski definition) is 4. The SMILES string of the molecule is OCc1c(-c2cccs2)noc1-c1ccc(Cl)cc1Cl. The molecule has 1 N–H and O–H groups in total. The Balaban J connectivity index is 2.15. The first kappa shape index (κ1) is 13.6. The van der Waals surface area contributed by atoms with E-state index in [0.29, 0.717) is 32.6 Å². The highest BCUT2D eigenvalue weighted by Gasteiger charge is 2.20. The van der Waals surface area contributed by atoms with Crippen LogP contribution < -0.4 is 0 Å². The van der Waals surface area contributed by atoms with Gasteiger partial charge < -0.3 is 9.63 Å². The zero-order valence-electron chi connectivity index (χ0n) is 10.1. The monoisotopic (exact) mass is 325 g/mol. The van der Waals surface area contributed by atoms with Crippen molar-refractivity contribution in [2.45, 2.75) is 6.61 Å². The lowest BCUT2D eigenvalue weighted by atomic mass is 10.1. The quantitative estimate of drug-likeness (QED) is 0.747. The molecule has 3 rings (SSSR count). The Hall–Kier alpha value is -1.33. The van der Waals surface area contributed by atoms with Crippen molar-refractivity contribution in [1.82, 2.24) is 5.16 Å². The van der Waals surface area contributed by atoms with Gasteiger partial charge in [-0.05, 0) is 29.6 Å². The van der Waals surface area contributed by atoms with Crippen molar-refractivity contribution in [2.24, 2.45) is 0 Å². The molecule has 20 heavy (non-hydrogen) atoms. The first-order valence-electron chi connectivity index (χ1n) is 5.79. The molecule has 0 spiro atoms. The second kappa shape index (κ2) is 5.58. The Bertz CT molecular complexity index is 738. The maximum atomic E-state index is 9.63. The van der Waals surface area contributed by atoms with Crippen LogP contribution in [-0.2, 0) is 6.61 Å². The summed E-state index contributed by atoms with van der Waals surface area (Å²) in [6.07, 6.45) is 0. The first-order chi connectivity index (χ1) is 9.70. The Labute approximate surface area is 129 Å². The van der Waals surface area contributed by atoms with Gasteiger partial charge in [-0.15, -0.1) is 11.3 Å². The van der Waals surface area contributed by atoms with E-state index in [2.05, 4.69) is 5.16 Å². The third kappa shape index (κ3) is 2.36. The molecule has 0 aliphatic rings. The summed E-state index contributed by atoms with van der Waals surface area (Å²) in [5, 5.41) is 16.6. The minimum atomic E-state index is -0.176. The van der Waals surface area contributed by atoms with Crippen LogP contribution in [0.2, 0.25) is 10.0 Å². The van der Waals surface area contributed by atoms with E-state index in [4.69, 9.17) is 27.7 Å². The summed E-state index contributed by atoms with van der Waals surface area (Å²) in [5.41, 5.74) is 1.93. The van der Waals surface area contributed by atoms with Crippen LogP contribution in [0.4, 0.5) is 0 Å². The number of aromatic nitrogens is 1. The van der Waals surface area contributed by atoms with Crippen molar-refractivity contribution in [3.8, 4) is 21.9 Å². The van der Waals surface area contributed by atoms with E-state index in [1.165, 1.54) is 11.3 Å². The van der Waals surface area contributed by atoms with Gasteiger partial charge in [0.1, 0.15) is 5.69 Å². The average molecular weight is 326 g/mol. The standard InChI is InChI=1S/C14H9Cl2NO2S/c15-8-3-4-9(11(16)6-8)14-10(7-18)13(17-19-14)12-2-1-5-20-12/h1-6,18H,7H2. The van der Waals surface area contributed by atoms with Crippen LogP contribution in [0.25, 0.3) is 21.9 Å². The molecule has 0 unspecified atom stereocenters. The van der Waals surface area contributed by atoms with Gasteiger partial charge in [-0.3, -0.25) is 0 Å². The molecule has 0 bridgehead atoms. The van der Waals surface area contributed by atoms with Crippen LogP contribution in [0.1, 0.15) is 5.56 Å². The summed E-state index contributed by atoms with van der Waals surface area (Å²) in [5.74, 6) is 0.470. The molecule has 3 aromatic rings. The maximum Gasteiger partial charge on any atom is 0.174 e. The van der Waals surface area contributed by atoms with Crippen molar-refractivity contribution in [1.29, 1.82) is 0 Å². The molecule has 102 valence electrons. The molecule has 2 aromatic heterocycles. The van der Waals surface area contributed by atoms with Gasteiger partial charge in [0, 0.05) is 10.6 Å². The van der Waals surface area contributed by atoms with Gasteiger partial charge in [-0.1, -0.05) is 34.4 Å². The average Bonchev–Trinajstić information content (AvgIpc) is 3.06. The molecule has 0 amide bonds. The molecular weight excluding hydrogens is 317 g/mol. The van der Waals surface area contributed by atoms with Crippen LogP contribution in [-0.4, -0.2) is 10.3 Å². The summed E-state index contributed by atoms with van der Waals surface area (Å²) in [4.78, 5) is 0.939. The van der Waals surface area contributed by atoms with E-state index in [1.54, 1.807) is 18.2 Å². The molecule has 0 aliphatic carbocycles. The summed E-state index contributed by atoms with van der Waals surface area (Å²) in [6, 6.07) is 8.95. The maximum absolute atomic E-state index is 9.63. The smallest absolute Gasteiger partial charge is 0.174 e. The van der Waals surface area contributed by atoms with E-state index < -0.39 is 0 Å². The number of aliphatic hydroxyl groups excluding tert-OH is 1. The molecule has 0 fully saturated rings. The Kier molecular flexibility index (Phi) is 3.81. The topological polar surface area (TPSA) is 46.3 Å². The number of rotatable bonds is 3. The van der Waals surface area contributed by atoms with Gasteiger partial charge >= 0.3 is 0 Å². The third-order valence-electron chi connectivity index (χ3n) is 2.88. The van der Waals surface area contributed by atoms with Crippen molar-refractivity contribution in [2.75, 3.05) is 0 Å². The van der Waals surface area contributed by atoms with Gasteiger partial charge in [0.2, 0.25) is 0 Å². The molecule has 3 nitrogen and oxygen atoms in total. The molecule has 0 saturated heterocycles. The second-order valence-corrected chi connectivity index (χ2v) is 5.89. The van der Waals surface area contributed by atoms with Crippen molar-refractivity contribution < 1.29 is 9.63 Å². The van der Waals surface area contributed by atoms with Gasteiger partial charge in [0.15, 0.2) is 5.76 Å². The van der Waals surface area contributed by atoms with E-state index >= 15 is 0 Å². The van der Waals surface area contributed by atoms with E-state index in [1.807, 2.05) is 17.5 Å². The predicted molar refractivity (Wildman–Crippen MR) is 81.2 cm³/mol. The van der Waals surface area contributed by atoms with Gasteiger partial charge in [0.05, 0.1) is 22.1 Å². The van der Waals surface area contributed by atoms with Crippen molar-refractivity contribution in [3.05, 3.63) is 51.3 Å². The summed E-state index contributed by atoms with van der Waals surface area (Å²) in [7, 11) is 0. The van der Waals surface area contributed by atoms with Crippen molar-refractivity contribution in [3.63, 3.8) is 0 Å². The molecule has 2 heterocycles. The highest BCUT2D eigenvalue weighted by molar-refractivity contribution is 7.13. The molecule has 1 aromatic carbocycles. The Morgan fingerprint density at radius 2 is 2.10 bits per heavy atom. The molecule has 6 heteroatoms. The number of thiophene rings is 1. The van der Waals surface area contributed by atoms with Gasteiger partial charge in [0.25, 0.3) is 0 Å².